The first kappa shape index (κ1) is 21.7. The fourth-order valence-electron chi connectivity index (χ4n) is 3.35. The van der Waals surface area contributed by atoms with E-state index in [1.165, 1.54) is 12.1 Å². The SMILES string of the molecule is CN(Cc1ccc(F)cc1)C[C@]1(O)CCCN(C(=O)CNS(C)(=O)=O)CC1. The molecule has 152 valence electrons. The zero-order valence-electron chi connectivity index (χ0n) is 15.8. The lowest BCUT2D eigenvalue weighted by Gasteiger charge is -2.31. The average molecular weight is 402 g/mol. The van der Waals surface area contributed by atoms with E-state index in [2.05, 4.69) is 4.72 Å². The number of benzene rings is 1. The van der Waals surface area contributed by atoms with Crippen LogP contribution in [0.4, 0.5) is 4.39 Å². The van der Waals surface area contributed by atoms with Gasteiger partial charge in [-0.15, -0.1) is 0 Å². The van der Waals surface area contributed by atoms with Gasteiger partial charge in [-0.3, -0.25) is 9.69 Å². The summed E-state index contributed by atoms with van der Waals surface area (Å²) in [6.45, 7) is 1.64. The van der Waals surface area contributed by atoms with E-state index in [1.54, 1.807) is 17.0 Å². The average Bonchev–Trinajstić information content (AvgIpc) is 2.76. The molecule has 0 radical (unpaired) electrons. The van der Waals surface area contributed by atoms with Gasteiger partial charge < -0.3 is 10.0 Å². The van der Waals surface area contributed by atoms with Crippen LogP contribution in [0.25, 0.3) is 0 Å². The number of sulfonamides is 1. The van der Waals surface area contributed by atoms with E-state index in [-0.39, 0.29) is 18.3 Å². The second kappa shape index (κ2) is 9.09. The van der Waals surface area contributed by atoms with Gasteiger partial charge in [-0.1, -0.05) is 12.1 Å². The maximum atomic E-state index is 13.0. The van der Waals surface area contributed by atoms with Gasteiger partial charge in [0, 0.05) is 26.2 Å². The molecule has 1 aliphatic rings. The molecule has 1 saturated heterocycles. The molecule has 9 heteroatoms. The molecule has 0 unspecified atom stereocenters. The third-order valence-corrected chi connectivity index (χ3v) is 5.35. The largest absolute Gasteiger partial charge is 0.388 e. The van der Waals surface area contributed by atoms with Crippen molar-refractivity contribution in [2.45, 2.75) is 31.4 Å². The predicted molar refractivity (Wildman–Crippen MR) is 101 cm³/mol. The van der Waals surface area contributed by atoms with Crippen LogP contribution in [0.3, 0.4) is 0 Å². The van der Waals surface area contributed by atoms with E-state index < -0.39 is 15.6 Å². The zero-order valence-corrected chi connectivity index (χ0v) is 16.6. The molecule has 1 aromatic rings. The van der Waals surface area contributed by atoms with Crippen LogP contribution in [-0.2, 0) is 21.4 Å². The molecule has 0 aromatic heterocycles. The molecule has 1 fully saturated rings. The molecule has 2 N–H and O–H groups in total. The minimum Gasteiger partial charge on any atom is -0.388 e. The van der Waals surface area contributed by atoms with Crippen LogP contribution in [0.2, 0.25) is 0 Å². The number of aliphatic hydroxyl groups is 1. The van der Waals surface area contributed by atoms with Gasteiger partial charge >= 0.3 is 0 Å². The van der Waals surface area contributed by atoms with Crippen molar-refractivity contribution >= 4 is 15.9 Å². The normalized spacial score (nSPS) is 21.3. The monoisotopic (exact) mass is 401 g/mol. The van der Waals surface area contributed by atoms with E-state index >= 15 is 0 Å². The topological polar surface area (TPSA) is 89.9 Å². The van der Waals surface area contributed by atoms with Gasteiger partial charge in [0.2, 0.25) is 15.9 Å². The number of carbonyl (C=O) groups excluding carboxylic acids is 1. The van der Waals surface area contributed by atoms with Crippen LogP contribution >= 0.6 is 0 Å². The predicted octanol–water partition coefficient (Wildman–Crippen LogP) is 0.550. The van der Waals surface area contributed by atoms with E-state index in [1.807, 2.05) is 11.9 Å². The van der Waals surface area contributed by atoms with Crippen molar-refractivity contribution in [2.75, 3.05) is 39.5 Å². The fraction of sp³-hybridized carbons (Fsp3) is 0.611. The standard InChI is InChI=1S/C18H28FN3O4S/c1-21(13-15-4-6-16(19)7-5-15)14-18(24)8-3-10-22(11-9-18)17(23)12-20-27(2,25)26/h4-7,20,24H,3,8-14H2,1-2H3/t18-/m0/s1. The molecule has 1 amide bonds. The summed E-state index contributed by atoms with van der Waals surface area (Å²) in [5, 5.41) is 11.0. The van der Waals surface area contributed by atoms with Crippen molar-refractivity contribution in [3.8, 4) is 0 Å². The van der Waals surface area contributed by atoms with Crippen molar-refractivity contribution in [2.24, 2.45) is 0 Å². The van der Waals surface area contributed by atoms with Gasteiger partial charge in [0.1, 0.15) is 5.82 Å². The molecule has 0 saturated carbocycles. The van der Waals surface area contributed by atoms with Crippen molar-refractivity contribution in [3.05, 3.63) is 35.6 Å². The summed E-state index contributed by atoms with van der Waals surface area (Å²) in [7, 11) is -1.52. The summed E-state index contributed by atoms with van der Waals surface area (Å²) in [5.74, 6) is -0.566. The Morgan fingerprint density at radius 1 is 1.30 bits per heavy atom. The molecule has 7 nitrogen and oxygen atoms in total. The maximum Gasteiger partial charge on any atom is 0.237 e. The van der Waals surface area contributed by atoms with Gasteiger partial charge in [-0.2, -0.15) is 0 Å². The van der Waals surface area contributed by atoms with Gasteiger partial charge in [0.05, 0.1) is 18.4 Å². The number of hydrogen-bond donors (Lipinski definition) is 2. The Hall–Kier alpha value is -1.55. The molecule has 1 aromatic carbocycles. The lowest BCUT2D eigenvalue weighted by atomic mass is 9.94. The van der Waals surface area contributed by atoms with Crippen LogP contribution in [0.5, 0.6) is 0 Å². The van der Waals surface area contributed by atoms with Crippen LogP contribution in [-0.4, -0.2) is 74.3 Å². The van der Waals surface area contributed by atoms with Gasteiger partial charge in [0.25, 0.3) is 0 Å². The van der Waals surface area contributed by atoms with Crippen molar-refractivity contribution < 1.29 is 22.7 Å². The number of nitrogens with zero attached hydrogens (tertiary/aromatic N) is 2. The molecule has 1 aliphatic heterocycles. The minimum atomic E-state index is -3.42. The number of likely N-dealkylation sites (tertiary alicyclic amines) is 1. The summed E-state index contributed by atoms with van der Waals surface area (Å²) < 4.78 is 37.5. The molecule has 0 bridgehead atoms. The van der Waals surface area contributed by atoms with Crippen LogP contribution in [0, 0.1) is 5.82 Å². The Labute approximate surface area is 160 Å². The summed E-state index contributed by atoms with van der Waals surface area (Å²) in [5.41, 5.74) is 0.0356. The highest BCUT2D eigenvalue weighted by molar-refractivity contribution is 7.88. The summed E-state index contributed by atoms with van der Waals surface area (Å²) in [4.78, 5) is 15.8. The van der Waals surface area contributed by atoms with Gasteiger partial charge in [-0.05, 0) is 44.0 Å². The third-order valence-electron chi connectivity index (χ3n) is 4.69. The lowest BCUT2D eigenvalue weighted by Crippen LogP contribution is -2.43. The van der Waals surface area contributed by atoms with E-state index in [4.69, 9.17) is 0 Å². The number of carbonyl (C=O) groups is 1. The summed E-state index contributed by atoms with van der Waals surface area (Å²) in [6.07, 6.45) is 2.64. The molecule has 0 aliphatic carbocycles. The molecule has 27 heavy (non-hydrogen) atoms. The molecule has 1 atom stereocenters. The number of hydrogen-bond acceptors (Lipinski definition) is 5. The Kier molecular flexibility index (Phi) is 7.32. The second-order valence-corrected chi connectivity index (χ2v) is 9.18. The van der Waals surface area contributed by atoms with Crippen LogP contribution < -0.4 is 4.72 Å². The Morgan fingerprint density at radius 2 is 1.96 bits per heavy atom. The van der Waals surface area contributed by atoms with Crippen LogP contribution in [0.1, 0.15) is 24.8 Å². The highest BCUT2D eigenvalue weighted by Gasteiger charge is 2.32. The Balaban J connectivity index is 1.87. The first-order valence-corrected chi connectivity index (χ1v) is 10.8. The maximum absolute atomic E-state index is 13.0. The number of amides is 1. The van der Waals surface area contributed by atoms with Crippen LogP contribution in [0.15, 0.2) is 24.3 Å². The van der Waals surface area contributed by atoms with Crippen molar-refractivity contribution in [1.29, 1.82) is 0 Å². The smallest absolute Gasteiger partial charge is 0.237 e. The molecular weight excluding hydrogens is 373 g/mol. The molecule has 0 spiro atoms. The number of rotatable bonds is 7. The highest BCUT2D eigenvalue weighted by atomic mass is 32.2. The second-order valence-electron chi connectivity index (χ2n) is 7.35. The first-order valence-electron chi connectivity index (χ1n) is 8.94. The van der Waals surface area contributed by atoms with E-state index in [0.717, 1.165) is 11.8 Å². The van der Waals surface area contributed by atoms with E-state index in [9.17, 15) is 22.7 Å². The van der Waals surface area contributed by atoms with E-state index in [0.29, 0.717) is 45.4 Å². The molecular formula is C18H28FN3O4S. The highest BCUT2D eigenvalue weighted by Crippen LogP contribution is 2.24. The summed E-state index contributed by atoms with van der Waals surface area (Å²) >= 11 is 0. The fourth-order valence-corrected chi connectivity index (χ4v) is 3.74. The van der Waals surface area contributed by atoms with Gasteiger partial charge in [-0.25, -0.2) is 17.5 Å². The molecule has 1 heterocycles. The van der Waals surface area contributed by atoms with Gasteiger partial charge in [0.15, 0.2) is 0 Å². The first-order chi connectivity index (χ1) is 12.6. The van der Waals surface area contributed by atoms with Crippen molar-refractivity contribution in [1.82, 2.24) is 14.5 Å². The zero-order chi connectivity index (χ0) is 20.1. The Morgan fingerprint density at radius 3 is 2.59 bits per heavy atom. The number of halogens is 1. The lowest BCUT2D eigenvalue weighted by molar-refractivity contribution is -0.130. The third kappa shape index (κ3) is 7.53. The number of nitrogens with one attached hydrogen (secondary N) is 1. The Bertz CT molecular complexity index is 741. The minimum absolute atomic E-state index is 0.262. The molecule has 2 rings (SSSR count). The number of likely N-dealkylation sites (N-methyl/N-ethyl adjacent to an activating group) is 1. The van der Waals surface area contributed by atoms with Crippen molar-refractivity contribution in [3.63, 3.8) is 0 Å². The quantitative estimate of drug-likeness (QED) is 0.697. The summed E-state index contributed by atoms with van der Waals surface area (Å²) in [6, 6.07) is 6.27.